The van der Waals surface area contributed by atoms with Crippen molar-refractivity contribution in [3.8, 4) is 0 Å². The first kappa shape index (κ1) is 16.1. The van der Waals surface area contributed by atoms with Gasteiger partial charge in [-0.15, -0.1) is 11.3 Å². The number of imidazole rings is 1. The highest BCUT2D eigenvalue weighted by Crippen LogP contribution is 2.31. The molecule has 1 aromatic carbocycles. The van der Waals surface area contributed by atoms with E-state index >= 15 is 0 Å². The number of aromatic nitrogens is 3. The second-order valence-electron chi connectivity index (χ2n) is 6.41. The SMILES string of the molecule is Cc1nc2ccc(CNC(=O)N3CCCC[C@@H]3c3nccs3)cc2[nH]1. The molecular formula is C18H21N5OS. The standard InChI is InChI=1S/C18H21N5OS/c1-12-21-14-6-5-13(10-15(14)22-12)11-20-18(24)23-8-3-2-4-16(23)17-19-7-9-25-17/h5-7,9-10,16H,2-4,8,11H2,1H3,(H,20,24)(H,21,22)/t16-/m1/s1. The molecule has 0 radical (unpaired) electrons. The molecule has 0 bridgehead atoms. The van der Waals surface area contributed by atoms with Crippen molar-refractivity contribution in [2.45, 2.75) is 38.8 Å². The number of H-pyrrole nitrogens is 1. The van der Waals surface area contributed by atoms with E-state index in [0.717, 1.165) is 53.2 Å². The molecular weight excluding hydrogens is 334 g/mol. The third kappa shape index (κ3) is 3.37. The summed E-state index contributed by atoms with van der Waals surface area (Å²) in [6.07, 6.45) is 4.99. The predicted octanol–water partition coefficient (Wildman–Crippen LogP) is 3.76. The van der Waals surface area contributed by atoms with E-state index in [1.165, 1.54) is 0 Å². The van der Waals surface area contributed by atoms with Crippen LogP contribution in [0.2, 0.25) is 0 Å². The minimum Gasteiger partial charge on any atom is -0.342 e. The quantitative estimate of drug-likeness (QED) is 0.751. The van der Waals surface area contributed by atoms with Crippen molar-refractivity contribution in [3.05, 3.63) is 46.2 Å². The lowest BCUT2D eigenvalue weighted by molar-refractivity contribution is 0.151. The molecule has 0 aliphatic carbocycles. The van der Waals surface area contributed by atoms with Gasteiger partial charge in [0.25, 0.3) is 0 Å². The highest BCUT2D eigenvalue weighted by atomic mass is 32.1. The molecule has 1 atom stereocenters. The van der Waals surface area contributed by atoms with E-state index in [0.29, 0.717) is 6.54 Å². The topological polar surface area (TPSA) is 73.9 Å². The molecule has 1 fully saturated rings. The van der Waals surface area contributed by atoms with Gasteiger partial charge in [0.05, 0.1) is 17.1 Å². The number of aromatic amines is 1. The van der Waals surface area contributed by atoms with Crippen molar-refractivity contribution >= 4 is 28.4 Å². The van der Waals surface area contributed by atoms with Gasteiger partial charge in [-0.25, -0.2) is 14.8 Å². The minimum absolute atomic E-state index is 0.0132. The summed E-state index contributed by atoms with van der Waals surface area (Å²) in [5.41, 5.74) is 3.02. The summed E-state index contributed by atoms with van der Waals surface area (Å²) < 4.78 is 0. The first-order valence-corrected chi connectivity index (χ1v) is 9.48. The number of nitrogens with one attached hydrogen (secondary N) is 2. The minimum atomic E-state index is -0.0132. The number of benzene rings is 1. The number of likely N-dealkylation sites (tertiary alicyclic amines) is 1. The molecule has 1 saturated heterocycles. The molecule has 1 aliphatic heterocycles. The molecule has 2 amide bonds. The summed E-state index contributed by atoms with van der Waals surface area (Å²) in [7, 11) is 0. The third-order valence-corrected chi connectivity index (χ3v) is 5.49. The highest BCUT2D eigenvalue weighted by Gasteiger charge is 2.29. The number of nitrogens with zero attached hydrogens (tertiary/aromatic N) is 3. The summed E-state index contributed by atoms with van der Waals surface area (Å²) in [6, 6.07) is 6.13. The fourth-order valence-corrected chi connectivity index (χ4v) is 4.19. The smallest absolute Gasteiger partial charge is 0.318 e. The third-order valence-electron chi connectivity index (χ3n) is 4.61. The second-order valence-corrected chi connectivity index (χ2v) is 7.33. The van der Waals surface area contributed by atoms with Crippen molar-refractivity contribution in [1.82, 2.24) is 25.2 Å². The number of aryl methyl sites for hydroxylation is 1. The van der Waals surface area contributed by atoms with E-state index in [9.17, 15) is 4.79 Å². The van der Waals surface area contributed by atoms with Gasteiger partial charge in [-0.1, -0.05) is 6.07 Å². The van der Waals surface area contributed by atoms with Gasteiger partial charge in [0.2, 0.25) is 0 Å². The fraction of sp³-hybridized carbons (Fsp3) is 0.389. The van der Waals surface area contributed by atoms with Gasteiger partial charge in [0, 0.05) is 24.7 Å². The Morgan fingerprint density at radius 1 is 1.44 bits per heavy atom. The van der Waals surface area contributed by atoms with E-state index in [-0.39, 0.29) is 12.1 Å². The zero-order valence-corrected chi connectivity index (χ0v) is 15.0. The first-order valence-electron chi connectivity index (χ1n) is 8.60. The van der Waals surface area contributed by atoms with Gasteiger partial charge < -0.3 is 15.2 Å². The Hall–Kier alpha value is -2.41. The Bertz CT molecular complexity index is 873. The lowest BCUT2D eigenvalue weighted by Gasteiger charge is -2.34. The zero-order valence-electron chi connectivity index (χ0n) is 14.2. The van der Waals surface area contributed by atoms with Gasteiger partial charge in [0.1, 0.15) is 10.8 Å². The van der Waals surface area contributed by atoms with Crippen LogP contribution in [0, 0.1) is 6.92 Å². The van der Waals surface area contributed by atoms with E-state index < -0.39 is 0 Å². The van der Waals surface area contributed by atoms with Crippen molar-refractivity contribution in [3.63, 3.8) is 0 Å². The highest BCUT2D eigenvalue weighted by molar-refractivity contribution is 7.09. The van der Waals surface area contributed by atoms with Crippen LogP contribution in [0.25, 0.3) is 11.0 Å². The molecule has 4 rings (SSSR count). The maximum Gasteiger partial charge on any atom is 0.318 e. The number of piperidine rings is 1. The lowest BCUT2D eigenvalue weighted by Crippen LogP contribution is -2.44. The number of hydrogen-bond donors (Lipinski definition) is 2. The summed E-state index contributed by atoms with van der Waals surface area (Å²) in [4.78, 5) is 26.7. The molecule has 6 nitrogen and oxygen atoms in total. The molecule has 7 heteroatoms. The van der Waals surface area contributed by atoms with Crippen molar-refractivity contribution in [2.24, 2.45) is 0 Å². The molecule has 0 spiro atoms. The van der Waals surface area contributed by atoms with Crippen molar-refractivity contribution in [1.29, 1.82) is 0 Å². The zero-order chi connectivity index (χ0) is 17.2. The molecule has 0 unspecified atom stereocenters. The van der Waals surface area contributed by atoms with Gasteiger partial charge in [0.15, 0.2) is 0 Å². The Labute approximate surface area is 150 Å². The normalized spacial score (nSPS) is 17.8. The maximum atomic E-state index is 12.7. The largest absolute Gasteiger partial charge is 0.342 e. The van der Waals surface area contributed by atoms with Crippen LogP contribution in [0.1, 0.15) is 41.7 Å². The Morgan fingerprint density at radius 2 is 2.36 bits per heavy atom. The number of rotatable bonds is 3. The average molecular weight is 355 g/mol. The number of urea groups is 1. The van der Waals surface area contributed by atoms with Crippen molar-refractivity contribution in [2.75, 3.05) is 6.54 Å². The maximum absolute atomic E-state index is 12.7. The second kappa shape index (κ2) is 6.84. The number of hydrogen-bond acceptors (Lipinski definition) is 4. The predicted molar refractivity (Wildman–Crippen MR) is 98.5 cm³/mol. The van der Waals surface area contributed by atoms with Crippen LogP contribution < -0.4 is 5.32 Å². The van der Waals surface area contributed by atoms with Gasteiger partial charge in [-0.05, 0) is 43.9 Å². The van der Waals surface area contributed by atoms with Crippen LogP contribution in [0.3, 0.4) is 0 Å². The molecule has 3 heterocycles. The van der Waals surface area contributed by atoms with Gasteiger partial charge >= 0.3 is 6.03 Å². The Balaban J connectivity index is 1.44. The summed E-state index contributed by atoms with van der Waals surface area (Å²) in [5, 5.41) is 6.07. The number of amides is 2. The van der Waals surface area contributed by atoms with Crippen LogP contribution in [-0.4, -0.2) is 32.4 Å². The van der Waals surface area contributed by atoms with Crippen LogP contribution in [0.15, 0.2) is 29.8 Å². The monoisotopic (exact) mass is 355 g/mol. The van der Waals surface area contributed by atoms with E-state index in [1.54, 1.807) is 11.3 Å². The molecule has 2 aromatic heterocycles. The van der Waals surface area contributed by atoms with E-state index in [4.69, 9.17) is 0 Å². The van der Waals surface area contributed by atoms with Crippen LogP contribution in [0.5, 0.6) is 0 Å². The Kier molecular flexibility index (Phi) is 4.40. The fourth-order valence-electron chi connectivity index (χ4n) is 3.40. The van der Waals surface area contributed by atoms with E-state index in [1.807, 2.05) is 41.6 Å². The first-order chi connectivity index (χ1) is 12.2. The van der Waals surface area contributed by atoms with E-state index in [2.05, 4.69) is 20.3 Å². The molecule has 0 saturated carbocycles. The average Bonchev–Trinajstić information content (AvgIpc) is 3.28. The van der Waals surface area contributed by atoms with Crippen LogP contribution in [0.4, 0.5) is 4.79 Å². The molecule has 25 heavy (non-hydrogen) atoms. The molecule has 130 valence electrons. The lowest BCUT2D eigenvalue weighted by atomic mass is 10.0. The summed E-state index contributed by atoms with van der Waals surface area (Å²) in [5.74, 6) is 0.899. The molecule has 2 N–H and O–H groups in total. The summed E-state index contributed by atoms with van der Waals surface area (Å²) >= 11 is 1.62. The number of thiazole rings is 1. The number of carbonyl (C=O) groups is 1. The summed E-state index contributed by atoms with van der Waals surface area (Å²) in [6.45, 7) is 3.24. The van der Waals surface area contributed by atoms with Crippen molar-refractivity contribution < 1.29 is 4.79 Å². The Morgan fingerprint density at radius 3 is 3.20 bits per heavy atom. The number of fused-ring (bicyclic) bond motifs is 1. The van der Waals surface area contributed by atoms with Gasteiger partial charge in [-0.2, -0.15) is 0 Å². The molecule has 1 aliphatic rings. The van der Waals surface area contributed by atoms with Crippen LogP contribution in [-0.2, 0) is 6.54 Å². The molecule has 3 aromatic rings. The van der Waals surface area contributed by atoms with Crippen LogP contribution >= 0.6 is 11.3 Å². The van der Waals surface area contributed by atoms with Gasteiger partial charge in [-0.3, -0.25) is 0 Å². The number of carbonyl (C=O) groups excluding carboxylic acids is 1.